The lowest BCUT2D eigenvalue weighted by Gasteiger charge is -2.17. The van der Waals surface area contributed by atoms with E-state index >= 15 is 0 Å². The molecule has 4 nitrogen and oxygen atoms in total. The topological polar surface area (TPSA) is 59.3 Å². The summed E-state index contributed by atoms with van der Waals surface area (Å²) in [4.78, 5) is 11.9. The first-order valence-corrected chi connectivity index (χ1v) is 6.04. The van der Waals surface area contributed by atoms with Gasteiger partial charge >= 0.3 is 5.97 Å². The van der Waals surface area contributed by atoms with Gasteiger partial charge in [0.1, 0.15) is 5.75 Å². The molecule has 0 saturated heterocycles. The van der Waals surface area contributed by atoms with E-state index in [9.17, 15) is 4.79 Å². The summed E-state index contributed by atoms with van der Waals surface area (Å²) in [5.74, 6) is -0.0399. The molecule has 0 aromatic heterocycles. The van der Waals surface area contributed by atoms with Crippen molar-refractivity contribution in [3.63, 3.8) is 0 Å². The van der Waals surface area contributed by atoms with Crippen molar-refractivity contribution in [3.05, 3.63) is 65.7 Å². The van der Waals surface area contributed by atoms with Crippen LogP contribution < -0.4 is 4.74 Å². The van der Waals surface area contributed by atoms with Gasteiger partial charge in [-0.15, -0.1) is 0 Å². The van der Waals surface area contributed by atoms with Gasteiger partial charge in [0, 0.05) is 5.56 Å². The van der Waals surface area contributed by atoms with Crippen molar-refractivity contribution in [2.75, 3.05) is 7.11 Å². The average Bonchev–Trinajstić information content (AvgIpc) is 2.53. The lowest BCUT2D eigenvalue weighted by atomic mass is 10.1. The molecule has 2 aromatic rings. The predicted octanol–water partition coefficient (Wildman–Crippen LogP) is 2.85. The highest BCUT2D eigenvalue weighted by Gasteiger charge is 2.23. The number of esters is 1. The first-order chi connectivity index (χ1) is 9.74. The molecule has 2 aromatic carbocycles. The van der Waals surface area contributed by atoms with Crippen molar-refractivity contribution in [3.8, 4) is 11.8 Å². The molecule has 20 heavy (non-hydrogen) atoms. The Morgan fingerprint density at radius 3 is 2.55 bits per heavy atom. The summed E-state index contributed by atoms with van der Waals surface area (Å²) in [5.41, 5.74) is 1.17. The Labute approximate surface area is 117 Å². The summed E-state index contributed by atoms with van der Waals surface area (Å²) in [6.07, 6.45) is -0.852. The molecule has 0 spiro atoms. The van der Waals surface area contributed by atoms with E-state index in [0.29, 0.717) is 16.9 Å². The van der Waals surface area contributed by atoms with E-state index in [4.69, 9.17) is 14.7 Å². The van der Waals surface area contributed by atoms with E-state index in [0.717, 1.165) is 0 Å². The van der Waals surface area contributed by atoms with Crippen LogP contribution in [0.2, 0.25) is 0 Å². The Morgan fingerprint density at radius 2 is 1.90 bits per heavy atom. The number of methoxy groups -OCH3 is 1. The Hall–Kier alpha value is -2.80. The molecular weight excluding hydrogens is 254 g/mol. The van der Waals surface area contributed by atoms with Gasteiger partial charge in [0.05, 0.1) is 18.7 Å². The van der Waals surface area contributed by atoms with E-state index in [2.05, 4.69) is 0 Å². The number of carbonyl (C=O) groups excluding carboxylic acids is 1. The quantitative estimate of drug-likeness (QED) is 0.799. The second-order valence-corrected chi connectivity index (χ2v) is 4.07. The summed E-state index contributed by atoms with van der Waals surface area (Å²) >= 11 is 0. The largest absolute Gasteiger partial charge is 0.474 e. The van der Waals surface area contributed by atoms with Crippen molar-refractivity contribution in [1.29, 1.82) is 5.26 Å². The minimum atomic E-state index is -0.852. The molecular formula is C16H13NO3. The smallest absolute Gasteiger partial charge is 0.351 e. The molecule has 0 aliphatic carbocycles. The predicted molar refractivity (Wildman–Crippen MR) is 73.0 cm³/mol. The molecule has 1 atom stereocenters. The Balaban J connectivity index is 2.29. The van der Waals surface area contributed by atoms with E-state index in [1.807, 2.05) is 24.3 Å². The first-order valence-electron chi connectivity index (χ1n) is 6.04. The normalized spacial score (nSPS) is 11.2. The van der Waals surface area contributed by atoms with Gasteiger partial charge in [0.15, 0.2) is 0 Å². The number of nitriles is 1. The number of nitrogens with zero attached hydrogens (tertiary/aromatic N) is 1. The van der Waals surface area contributed by atoms with Crippen LogP contribution in [0.25, 0.3) is 0 Å². The number of hydrogen-bond donors (Lipinski definition) is 0. The standard InChI is InChI=1S/C16H13NO3/c1-19-16(18)15(13-7-3-2-4-8-13)20-14-9-5-6-12(10-14)11-17/h2-10,15H,1H3. The third-order valence-corrected chi connectivity index (χ3v) is 2.73. The third kappa shape index (κ3) is 3.15. The summed E-state index contributed by atoms with van der Waals surface area (Å²) in [7, 11) is 1.31. The van der Waals surface area contributed by atoms with Gasteiger partial charge in [0.2, 0.25) is 6.10 Å². The molecule has 0 aliphatic heterocycles. The van der Waals surface area contributed by atoms with Crippen LogP contribution in [0.1, 0.15) is 17.2 Å². The van der Waals surface area contributed by atoms with Gasteiger partial charge in [-0.05, 0) is 18.2 Å². The number of carbonyl (C=O) groups is 1. The van der Waals surface area contributed by atoms with Crippen LogP contribution >= 0.6 is 0 Å². The second-order valence-electron chi connectivity index (χ2n) is 4.07. The third-order valence-electron chi connectivity index (χ3n) is 2.73. The van der Waals surface area contributed by atoms with Gasteiger partial charge in [0.25, 0.3) is 0 Å². The van der Waals surface area contributed by atoms with E-state index in [1.54, 1.807) is 36.4 Å². The molecule has 0 bridgehead atoms. The highest BCUT2D eigenvalue weighted by atomic mass is 16.6. The van der Waals surface area contributed by atoms with Crippen molar-refractivity contribution >= 4 is 5.97 Å². The first kappa shape index (κ1) is 13.6. The van der Waals surface area contributed by atoms with Crippen LogP contribution in [0.4, 0.5) is 0 Å². The summed E-state index contributed by atoms with van der Waals surface area (Å²) in [6.45, 7) is 0. The van der Waals surface area contributed by atoms with Crippen molar-refractivity contribution in [2.24, 2.45) is 0 Å². The van der Waals surface area contributed by atoms with E-state index in [1.165, 1.54) is 7.11 Å². The number of benzene rings is 2. The monoisotopic (exact) mass is 267 g/mol. The molecule has 4 heteroatoms. The fourth-order valence-corrected chi connectivity index (χ4v) is 1.76. The SMILES string of the molecule is COC(=O)C(Oc1cccc(C#N)c1)c1ccccc1. The number of ether oxygens (including phenoxy) is 2. The molecule has 1 unspecified atom stereocenters. The second kappa shape index (κ2) is 6.39. The molecule has 0 aliphatic rings. The van der Waals surface area contributed by atoms with Crippen LogP contribution in [0, 0.1) is 11.3 Å². The minimum absolute atomic E-state index is 0.448. The van der Waals surface area contributed by atoms with Crippen LogP contribution in [0.3, 0.4) is 0 Å². The lowest BCUT2D eigenvalue weighted by Crippen LogP contribution is -2.20. The Bertz CT molecular complexity index is 632. The highest BCUT2D eigenvalue weighted by Crippen LogP contribution is 2.23. The van der Waals surface area contributed by atoms with Crippen molar-refractivity contribution < 1.29 is 14.3 Å². The Kier molecular flexibility index (Phi) is 4.35. The summed E-state index contributed by atoms with van der Waals surface area (Å²) in [5, 5.41) is 8.87. The Morgan fingerprint density at radius 1 is 1.15 bits per heavy atom. The summed E-state index contributed by atoms with van der Waals surface area (Å²) < 4.78 is 10.4. The summed E-state index contributed by atoms with van der Waals surface area (Å²) in [6, 6.07) is 17.7. The molecule has 0 N–H and O–H groups in total. The molecule has 0 amide bonds. The number of hydrogen-bond acceptors (Lipinski definition) is 4. The van der Waals surface area contributed by atoms with E-state index in [-0.39, 0.29) is 0 Å². The molecule has 0 fully saturated rings. The van der Waals surface area contributed by atoms with Gasteiger partial charge in [-0.1, -0.05) is 36.4 Å². The zero-order valence-corrected chi connectivity index (χ0v) is 10.9. The fourth-order valence-electron chi connectivity index (χ4n) is 1.76. The zero-order valence-electron chi connectivity index (χ0n) is 10.9. The molecule has 0 radical (unpaired) electrons. The maximum Gasteiger partial charge on any atom is 0.351 e. The lowest BCUT2D eigenvalue weighted by molar-refractivity contribution is -0.149. The fraction of sp³-hybridized carbons (Fsp3) is 0.125. The zero-order chi connectivity index (χ0) is 14.4. The maximum atomic E-state index is 11.9. The van der Waals surface area contributed by atoms with Gasteiger partial charge in [-0.25, -0.2) is 4.79 Å². The van der Waals surface area contributed by atoms with Gasteiger partial charge < -0.3 is 9.47 Å². The van der Waals surface area contributed by atoms with Gasteiger partial charge in [-0.3, -0.25) is 0 Å². The van der Waals surface area contributed by atoms with Crippen LogP contribution in [-0.4, -0.2) is 13.1 Å². The molecule has 0 saturated carbocycles. The van der Waals surface area contributed by atoms with Crippen molar-refractivity contribution in [2.45, 2.75) is 6.10 Å². The number of rotatable bonds is 4. The van der Waals surface area contributed by atoms with Crippen molar-refractivity contribution in [1.82, 2.24) is 0 Å². The van der Waals surface area contributed by atoms with Crippen LogP contribution in [-0.2, 0) is 9.53 Å². The minimum Gasteiger partial charge on any atom is -0.474 e. The average molecular weight is 267 g/mol. The maximum absolute atomic E-state index is 11.9. The molecule has 0 heterocycles. The molecule has 2 rings (SSSR count). The molecule has 100 valence electrons. The van der Waals surface area contributed by atoms with E-state index < -0.39 is 12.1 Å². The van der Waals surface area contributed by atoms with Crippen LogP contribution in [0.15, 0.2) is 54.6 Å². The highest BCUT2D eigenvalue weighted by molar-refractivity contribution is 5.76. The van der Waals surface area contributed by atoms with Crippen LogP contribution in [0.5, 0.6) is 5.75 Å². The van der Waals surface area contributed by atoms with Gasteiger partial charge in [-0.2, -0.15) is 5.26 Å².